The molecule has 0 radical (unpaired) electrons. The molecule has 3 heterocycles. The number of para-hydroxylation sites is 2. The molecule has 0 aliphatic carbocycles. The average Bonchev–Trinajstić information content (AvgIpc) is 3.54. The first-order valence-corrected chi connectivity index (χ1v) is 11.2. The van der Waals surface area contributed by atoms with Crippen LogP contribution in [0.25, 0.3) is 23.1 Å². The molecule has 170 valence electrons. The molecule has 34 heavy (non-hydrogen) atoms. The Morgan fingerprint density at radius 2 is 1.94 bits per heavy atom. The number of amides is 1. The van der Waals surface area contributed by atoms with Crippen molar-refractivity contribution in [1.82, 2.24) is 19.3 Å². The second-order valence-electron chi connectivity index (χ2n) is 7.66. The molecule has 0 fully saturated rings. The lowest BCUT2D eigenvalue weighted by molar-refractivity contribution is -0.111. The van der Waals surface area contributed by atoms with E-state index in [2.05, 4.69) is 10.4 Å². The number of imidazole rings is 1. The summed E-state index contributed by atoms with van der Waals surface area (Å²) in [5.74, 6) is 1.33. The van der Waals surface area contributed by atoms with Crippen molar-refractivity contribution in [3.8, 4) is 5.95 Å². The number of halogens is 2. The van der Waals surface area contributed by atoms with Gasteiger partial charge in [-0.3, -0.25) is 4.79 Å². The van der Waals surface area contributed by atoms with Gasteiger partial charge in [0.05, 0.1) is 39.6 Å². The summed E-state index contributed by atoms with van der Waals surface area (Å²) in [5, 5.41) is 8.47. The Labute approximate surface area is 205 Å². The van der Waals surface area contributed by atoms with Gasteiger partial charge in [-0.2, -0.15) is 9.78 Å². The number of rotatable bonds is 6. The maximum absolute atomic E-state index is 12.6. The molecule has 0 saturated carbocycles. The Morgan fingerprint density at radius 1 is 1.09 bits per heavy atom. The molecular weight excluding hydrogens is 473 g/mol. The van der Waals surface area contributed by atoms with Gasteiger partial charge in [-0.15, -0.1) is 0 Å². The summed E-state index contributed by atoms with van der Waals surface area (Å²) >= 11 is 12.3. The lowest BCUT2D eigenvalue weighted by atomic mass is 10.2. The van der Waals surface area contributed by atoms with Crippen molar-refractivity contribution >= 4 is 52.0 Å². The van der Waals surface area contributed by atoms with Crippen molar-refractivity contribution in [2.75, 3.05) is 5.32 Å². The second kappa shape index (κ2) is 9.21. The van der Waals surface area contributed by atoms with Crippen LogP contribution in [0.3, 0.4) is 0 Å². The number of aryl methyl sites for hydroxylation is 1. The van der Waals surface area contributed by atoms with E-state index in [0.29, 0.717) is 34.1 Å². The number of hydrogen-bond donors (Lipinski definition) is 1. The normalized spacial score (nSPS) is 11.5. The molecular formula is C25H19Cl2N5O2. The van der Waals surface area contributed by atoms with Crippen molar-refractivity contribution in [1.29, 1.82) is 0 Å². The van der Waals surface area contributed by atoms with Crippen LogP contribution < -0.4 is 5.32 Å². The number of nitrogens with one attached hydrogen (secondary N) is 1. The molecule has 5 rings (SSSR count). The minimum absolute atomic E-state index is 0.315. The fourth-order valence-electron chi connectivity index (χ4n) is 3.65. The van der Waals surface area contributed by atoms with Crippen molar-refractivity contribution in [3.63, 3.8) is 0 Å². The Balaban J connectivity index is 1.53. The largest absolute Gasteiger partial charge is 0.465 e. The number of carbonyl (C=O) groups excluding carboxylic acids is 1. The third kappa shape index (κ3) is 4.48. The molecule has 0 spiro atoms. The summed E-state index contributed by atoms with van der Waals surface area (Å²) in [6.07, 6.45) is 4.56. The van der Waals surface area contributed by atoms with E-state index in [4.69, 9.17) is 32.6 Å². The number of nitrogens with zero attached hydrogens (tertiary/aromatic N) is 4. The Kier molecular flexibility index (Phi) is 5.96. The summed E-state index contributed by atoms with van der Waals surface area (Å²) in [4.78, 5) is 17.4. The number of anilines is 1. The van der Waals surface area contributed by atoms with Gasteiger partial charge in [0.1, 0.15) is 11.6 Å². The first-order valence-electron chi connectivity index (χ1n) is 10.5. The molecule has 0 atom stereocenters. The summed E-state index contributed by atoms with van der Waals surface area (Å²) in [7, 11) is 0. The Morgan fingerprint density at radius 3 is 2.74 bits per heavy atom. The van der Waals surface area contributed by atoms with E-state index in [9.17, 15) is 4.79 Å². The van der Waals surface area contributed by atoms with Gasteiger partial charge in [0, 0.05) is 12.1 Å². The van der Waals surface area contributed by atoms with Gasteiger partial charge in [-0.1, -0.05) is 41.4 Å². The Bertz CT molecular complexity index is 1520. The van der Waals surface area contributed by atoms with E-state index in [0.717, 1.165) is 22.3 Å². The van der Waals surface area contributed by atoms with Crippen LogP contribution in [0.5, 0.6) is 0 Å². The monoisotopic (exact) mass is 491 g/mol. The highest BCUT2D eigenvalue weighted by molar-refractivity contribution is 6.42. The first kappa shape index (κ1) is 22.0. The SMILES string of the molecule is Cc1cc(NC(=O)/C=C/c2ccco2)n(-c2nc3ccccc3n2Cc2ccc(Cl)c(Cl)c2)n1. The van der Waals surface area contributed by atoms with Crippen molar-refractivity contribution in [2.45, 2.75) is 13.5 Å². The fraction of sp³-hybridized carbons (Fsp3) is 0.0800. The minimum atomic E-state index is -0.315. The molecule has 9 heteroatoms. The van der Waals surface area contributed by atoms with Gasteiger partial charge in [0.2, 0.25) is 11.9 Å². The molecule has 0 unspecified atom stereocenters. The van der Waals surface area contributed by atoms with Crippen molar-refractivity contribution < 1.29 is 9.21 Å². The van der Waals surface area contributed by atoms with Crippen LogP contribution in [0.1, 0.15) is 17.0 Å². The van der Waals surface area contributed by atoms with E-state index in [-0.39, 0.29) is 5.91 Å². The number of fused-ring (bicyclic) bond motifs is 1. The maximum atomic E-state index is 12.6. The van der Waals surface area contributed by atoms with Gasteiger partial charge in [-0.25, -0.2) is 4.98 Å². The molecule has 0 bridgehead atoms. The summed E-state index contributed by atoms with van der Waals surface area (Å²) in [6, 6.07) is 18.7. The van der Waals surface area contributed by atoms with Crippen LogP contribution >= 0.6 is 23.2 Å². The fourth-order valence-corrected chi connectivity index (χ4v) is 3.97. The molecule has 1 N–H and O–H groups in total. The molecule has 5 aromatic rings. The zero-order valence-corrected chi connectivity index (χ0v) is 19.6. The molecule has 2 aromatic carbocycles. The number of carbonyl (C=O) groups is 1. The molecule has 0 aliphatic heterocycles. The molecule has 7 nitrogen and oxygen atoms in total. The van der Waals surface area contributed by atoms with E-state index in [1.54, 1.807) is 41.3 Å². The Hall–Kier alpha value is -3.81. The van der Waals surface area contributed by atoms with E-state index >= 15 is 0 Å². The number of benzene rings is 2. The zero-order chi connectivity index (χ0) is 23.7. The van der Waals surface area contributed by atoms with Gasteiger partial charge < -0.3 is 14.3 Å². The highest BCUT2D eigenvalue weighted by Gasteiger charge is 2.18. The minimum Gasteiger partial charge on any atom is -0.465 e. The highest BCUT2D eigenvalue weighted by atomic mass is 35.5. The van der Waals surface area contributed by atoms with Crippen LogP contribution in [0, 0.1) is 6.92 Å². The second-order valence-corrected chi connectivity index (χ2v) is 8.47. The predicted molar refractivity (Wildman–Crippen MR) is 134 cm³/mol. The van der Waals surface area contributed by atoms with Crippen molar-refractivity contribution in [3.05, 3.63) is 100 Å². The van der Waals surface area contributed by atoms with Crippen LogP contribution in [0.4, 0.5) is 5.82 Å². The molecule has 0 aliphatic rings. The number of aromatic nitrogens is 4. The summed E-state index contributed by atoms with van der Waals surface area (Å²) in [5.41, 5.74) is 3.42. The van der Waals surface area contributed by atoms with Crippen LogP contribution in [-0.2, 0) is 11.3 Å². The number of furan rings is 1. The van der Waals surface area contributed by atoms with Crippen molar-refractivity contribution in [2.24, 2.45) is 0 Å². The van der Waals surface area contributed by atoms with E-state index in [1.165, 1.54) is 6.08 Å². The van der Waals surface area contributed by atoms with Gasteiger partial charge >= 0.3 is 0 Å². The molecule has 0 saturated heterocycles. The van der Waals surface area contributed by atoms with Crippen LogP contribution in [0.15, 0.2) is 77.4 Å². The zero-order valence-electron chi connectivity index (χ0n) is 18.1. The van der Waals surface area contributed by atoms with Crippen LogP contribution in [0.2, 0.25) is 10.0 Å². The lowest BCUT2D eigenvalue weighted by Crippen LogP contribution is -2.15. The third-order valence-electron chi connectivity index (χ3n) is 5.17. The maximum Gasteiger partial charge on any atom is 0.249 e. The lowest BCUT2D eigenvalue weighted by Gasteiger charge is -2.12. The van der Waals surface area contributed by atoms with Gasteiger partial charge in [-0.05, 0) is 55.0 Å². The van der Waals surface area contributed by atoms with E-state index in [1.807, 2.05) is 47.9 Å². The average molecular weight is 492 g/mol. The van der Waals surface area contributed by atoms with Crippen LogP contribution in [-0.4, -0.2) is 25.2 Å². The summed E-state index contributed by atoms with van der Waals surface area (Å²) in [6.45, 7) is 2.34. The molecule has 1 amide bonds. The van der Waals surface area contributed by atoms with E-state index < -0.39 is 0 Å². The van der Waals surface area contributed by atoms with Gasteiger partial charge in [0.15, 0.2) is 0 Å². The smallest absolute Gasteiger partial charge is 0.249 e. The quantitative estimate of drug-likeness (QED) is 0.289. The first-order chi connectivity index (χ1) is 16.5. The highest BCUT2D eigenvalue weighted by Crippen LogP contribution is 2.27. The summed E-state index contributed by atoms with van der Waals surface area (Å²) < 4.78 is 8.89. The number of hydrogen-bond acceptors (Lipinski definition) is 4. The molecule has 3 aromatic heterocycles. The van der Waals surface area contributed by atoms with Gasteiger partial charge in [0.25, 0.3) is 0 Å². The predicted octanol–water partition coefficient (Wildman–Crippen LogP) is 6.13. The topological polar surface area (TPSA) is 77.9 Å². The third-order valence-corrected chi connectivity index (χ3v) is 5.91. The standard InChI is InChI=1S/C25H19Cl2N5O2/c1-16-13-23(29-24(33)11-9-18-5-4-12-34-18)32(30-16)25-28-21-6-2-3-7-22(21)31(25)15-17-8-10-19(26)20(27)14-17/h2-14H,15H2,1H3,(H,29,33)/b11-9+.